The summed E-state index contributed by atoms with van der Waals surface area (Å²) in [4.78, 5) is 11.2. The van der Waals surface area contributed by atoms with Crippen LogP contribution in [0.4, 0.5) is 11.5 Å². The highest BCUT2D eigenvalue weighted by Gasteiger charge is 2.13. The number of benzene rings is 1. The highest BCUT2D eigenvalue weighted by molar-refractivity contribution is 5.93. The van der Waals surface area contributed by atoms with Crippen LogP contribution in [0.2, 0.25) is 0 Å². The van der Waals surface area contributed by atoms with Crippen molar-refractivity contribution in [3.8, 4) is 11.5 Å². The monoisotopic (exact) mass is 383 g/mol. The fraction of sp³-hybridized carbons (Fsp3) is 0.429. The number of ether oxygens (including phenoxy) is 2. The van der Waals surface area contributed by atoms with Gasteiger partial charge in [-0.05, 0) is 49.6 Å². The van der Waals surface area contributed by atoms with E-state index in [0.29, 0.717) is 30.6 Å². The van der Waals surface area contributed by atoms with Crippen LogP contribution in [-0.2, 0) is 6.54 Å². The molecule has 0 radical (unpaired) electrons. The number of anilines is 2. The first-order valence-corrected chi connectivity index (χ1v) is 9.72. The molecule has 1 aromatic carbocycles. The third kappa shape index (κ3) is 5.06. The smallest absolute Gasteiger partial charge is 0.195 e. The van der Waals surface area contributed by atoms with E-state index in [4.69, 9.17) is 9.47 Å². The maximum absolute atomic E-state index is 5.64. The minimum absolute atomic E-state index is 0.578. The van der Waals surface area contributed by atoms with Crippen LogP contribution in [0, 0.1) is 0 Å². The molecule has 2 aromatic rings. The van der Waals surface area contributed by atoms with Crippen LogP contribution in [0.5, 0.6) is 11.5 Å². The Hall–Kier alpha value is -2.96. The molecule has 0 saturated carbocycles. The van der Waals surface area contributed by atoms with Gasteiger partial charge in [-0.3, -0.25) is 4.99 Å². The van der Waals surface area contributed by atoms with Crippen LogP contribution in [0.1, 0.15) is 25.3 Å². The van der Waals surface area contributed by atoms with Crippen LogP contribution < -0.4 is 25.0 Å². The van der Waals surface area contributed by atoms with E-state index in [1.165, 1.54) is 18.4 Å². The van der Waals surface area contributed by atoms with Gasteiger partial charge in [-0.2, -0.15) is 0 Å². The lowest BCUT2D eigenvalue weighted by Crippen LogP contribution is -2.30. The largest absolute Gasteiger partial charge is 0.493 e. The second-order valence-electron chi connectivity index (χ2n) is 6.57. The van der Waals surface area contributed by atoms with Gasteiger partial charge in [0.25, 0.3) is 0 Å². The molecule has 7 heteroatoms. The fourth-order valence-corrected chi connectivity index (χ4v) is 3.21. The normalized spacial score (nSPS) is 14.1. The molecule has 0 bridgehead atoms. The Morgan fingerprint density at radius 2 is 2.00 bits per heavy atom. The average molecular weight is 383 g/mol. The summed E-state index contributed by atoms with van der Waals surface area (Å²) in [5, 5.41) is 6.65. The molecule has 1 aromatic heterocycles. The lowest BCUT2D eigenvalue weighted by Gasteiger charge is -2.18. The second-order valence-corrected chi connectivity index (χ2v) is 6.57. The van der Waals surface area contributed by atoms with Gasteiger partial charge in [0.05, 0.1) is 13.7 Å². The predicted octanol–water partition coefficient (Wildman–Crippen LogP) is 3.28. The molecule has 1 aliphatic heterocycles. The van der Waals surface area contributed by atoms with Gasteiger partial charge in [-0.25, -0.2) is 4.98 Å². The van der Waals surface area contributed by atoms with Crippen LogP contribution in [0.25, 0.3) is 0 Å². The summed E-state index contributed by atoms with van der Waals surface area (Å²) in [5.74, 6) is 3.15. The maximum atomic E-state index is 5.64. The van der Waals surface area contributed by atoms with E-state index in [2.05, 4.69) is 31.6 Å². The molecule has 3 rings (SSSR count). The average Bonchev–Trinajstić information content (AvgIpc) is 3.27. The highest BCUT2D eigenvalue weighted by atomic mass is 16.5. The van der Waals surface area contributed by atoms with Crippen molar-refractivity contribution in [3.05, 3.63) is 42.1 Å². The number of aliphatic imine (C=N–C) groups is 1. The first-order valence-electron chi connectivity index (χ1n) is 9.72. The molecule has 1 saturated heterocycles. The summed E-state index contributed by atoms with van der Waals surface area (Å²) in [5.41, 5.74) is 2.05. The Balaban J connectivity index is 1.62. The van der Waals surface area contributed by atoms with Crippen LogP contribution >= 0.6 is 0 Å². The molecule has 0 aliphatic carbocycles. The Morgan fingerprint density at radius 3 is 2.71 bits per heavy atom. The third-order valence-corrected chi connectivity index (χ3v) is 4.65. The van der Waals surface area contributed by atoms with E-state index in [9.17, 15) is 0 Å². The van der Waals surface area contributed by atoms with Crippen molar-refractivity contribution in [1.29, 1.82) is 0 Å². The Kier molecular flexibility index (Phi) is 6.94. The summed E-state index contributed by atoms with van der Waals surface area (Å²) in [6.07, 6.45) is 4.36. The first kappa shape index (κ1) is 19.8. The zero-order valence-electron chi connectivity index (χ0n) is 16.9. The molecule has 2 N–H and O–H groups in total. The molecule has 1 aliphatic rings. The van der Waals surface area contributed by atoms with Crippen molar-refractivity contribution in [2.24, 2.45) is 4.99 Å². The molecule has 0 spiro atoms. The van der Waals surface area contributed by atoms with Gasteiger partial charge >= 0.3 is 0 Å². The summed E-state index contributed by atoms with van der Waals surface area (Å²) < 4.78 is 11.0. The number of nitrogens with one attached hydrogen (secondary N) is 2. The zero-order valence-corrected chi connectivity index (χ0v) is 16.9. The van der Waals surface area contributed by atoms with E-state index in [1.807, 2.05) is 37.4 Å². The summed E-state index contributed by atoms with van der Waals surface area (Å²) in [6.45, 7) is 5.37. The predicted molar refractivity (Wildman–Crippen MR) is 114 cm³/mol. The molecule has 7 nitrogen and oxygen atoms in total. The van der Waals surface area contributed by atoms with Gasteiger partial charge in [0.2, 0.25) is 0 Å². The number of aromatic nitrogens is 1. The van der Waals surface area contributed by atoms with E-state index in [0.717, 1.165) is 24.6 Å². The molecule has 0 amide bonds. The molecule has 150 valence electrons. The standard InChI is InChI=1S/C21H29N5O2/c1-4-28-19-14-17(7-8-18(19)27-3)25-21(22-2)24-15-16-9-10-23-20(13-16)26-11-5-6-12-26/h7-10,13-14H,4-6,11-12,15H2,1-3H3,(H2,22,24,25). The topological polar surface area (TPSA) is 71.0 Å². The lowest BCUT2D eigenvalue weighted by atomic mass is 10.2. The number of hydrogen-bond acceptors (Lipinski definition) is 5. The third-order valence-electron chi connectivity index (χ3n) is 4.65. The fourth-order valence-electron chi connectivity index (χ4n) is 3.21. The van der Waals surface area contributed by atoms with E-state index in [1.54, 1.807) is 14.2 Å². The Bertz CT molecular complexity index is 803. The zero-order chi connectivity index (χ0) is 19.8. The number of guanidine groups is 1. The van der Waals surface area contributed by atoms with Gasteiger partial charge in [-0.1, -0.05) is 0 Å². The van der Waals surface area contributed by atoms with Crippen molar-refractivity contribution < 1.29 is 9.47 Å². The number of rotatable bonds is 7. The number of methoxy groups -OCH3 is 1. The Labute approximate surface area is 166 Å². The van der Waals surface area contributed by atoms with Gasteiger partial charge in [0.15, 0.2) is 17.5 Å². The summed E-state index contributed by atoms with van der Waals surface area (Å²) in [6, 6.07) is 9.90. The van der Waals surface area contributed by atoms with Gasteiger partial charge in [-0.15, -0.1) is 0 Å². The van der Waals surface area contributed by atoms with E-state index in [-0.39, 0.29) is 0 Å². The molecule has 2 heterocycles. The van der Waals surface area contributed by atoms with Crippen LogP contribution in [0.3, 0.4) is 0 Å². The molecular weight excluding hydrogens is 354 g/mol. The summed E-state index contributed by atoms with van der Waals surface area (Å²) >= 11 is 0. The van der Waals surface area contributed by atoms with Crippen molar-refractivity contribution in [2.75, 3.05) is 44.1 Å². The van der Waals surface area contributed by atoms with Crippen molar-refractivity contribution in [2.45, 2.75) is 26.3 Å². The molecule has 28 heavy (non-hydrogen) atoms. The first-order chi connectivity index (χ1) is 13.7. The van der Waals surface area contributed by atoms with Crippen molar-refractivity contribution in [1.82, 2.24) is 10.3 Å². The van der Waals surface area contributed by atoms with Crippen LogP contribution in [-0.4, -0.2) is 44.8 Å². The lowest BCUT2D eigenvalue weighted by molar-refractivity contribution is 0.311. The summed E-state index contributed by atoms with van der Waals surface area (Å²) in [7, 11) is 3.39. The number of pyridine rings is 1. The van der Waals surface area contributed by atoms with E-state index >= 15 is 0 Å². The molecule has 0 atom stereocenters. The minimum atomic E-state index is 0.578. The van der Waals surface area contributed by atoms with Crippen molar-refractivity contribution >= 4 is 17.5 Å². The number of nitrogens with zero attached hydrogens (tertiary/aromatic N) is 3. The van der Waals surface area contributed by atoms with Crippen molar-refractivity contribution in [3.63, 3.8) is 0 Å². The van der Waals surface area contributed by atoms with Gasteiger partial charge < -0.3 is 25.0 Å². The van der Waals surface area contributed by atoms with Gasteiger partial charge in [0.1, 0.15) is 5.82 Å². The Morgan fingerprint density at radius 1 is 1.18 bits per heavy atom. The van der Waals surface area contributed by atoms with E-state index < -0.39 is 0 Å². The van der Waals surface area contributed by atoms with Crippen LogP contribution in [0.15, 0.2) is 41.5 Å². The second kappa shape index (κ2) is 9.82. The SMILES string of the molecule is CCOc1cc(NC(=NC)NCc2ccnc(N3CCCC3)c2)ccc1OC. The molecule has 1 fully saturated rings. The maximum Gasteiger partial charge on any atom is 0.195 e. The quantitative estimate of drug-likeness (QED) is 0.565. The molecule has 0 unspecified atom stereocenters. The molecular formula is C21H29N5O2. The minimum Gasteiger partial charge on any atom is -0.493 e. The highest BCUT2D eigenvalue weighted by Crippen LogP contribution is 2.30. The number of hydrogen-bond donors (Lipinski definition) is 2. The van der Waals surface area contributed by atoms with Gasteiger partial charge in [0, 0.05) is 44.6 Å².